The molecule has 5 heteroatoms. The van der Waals surface area contributed by atoms with Crippen LogP contribution in [-0.2, 0) is 6.61 Å². The molecular weight excluding hydrogens is 338 g/mol. The standard InChI is InChI=1S/C15H12BrNO2S/c1-18-10-6-7-13(11(16)8-10)19-9-15-17-12-4-2-3-5-14(12)20-15/h2-8H,9H2,1H3. The zero-order chi connectivity index (χ0) is 13.9. The first-order chi connectivity index (χ1) is 9.76. The molecule has 20 heavy (non-hydrogen) atoms. The van der Waals surface area contributed by atoms with E-state index in [1.807, 2.05) is 36.4 Å². The maximum absolute atomic E-state index is 5.80. The average Bonchev–Trinajstić information content (AvgIpc) is 2.88. The number of rotatable bonds is 4. The molecule has 1 aromatic heterocycles. The third-order valence-corrected chi connectivity index (χ3v) is 4.46. The van der Waals surface area contributed by atoms with Crippen molar-refractivity contribution in [1.82, 2.24) is 4.98 Å². The van der Waals surface area contributed by atoms with Gasteiger partial charge in [0.25, 0.3) is 0 Å². The molecule has 3 rings (SSSR count). The molecule has 3 aromatic rings. The number of hydrogen-bond donors (Lipinski definition) is 0. The SMILES string of the molecule is COc1ccc(OCc2nc3ccccc3s2)c(Br)c1. The van der Waals surface area contributed by atoms with Crippen LogP contribution in [0.15, 0.2) is 46.9 Å². The number of aromatic nitrogens is 1. The van der Waals surface area contributed by atoms with Gasteiger partial charge in [-0.15, -0.1) is 11.3 Å². The number of nitrogens with zero attached hydrogens (tertiary/aromatic N) is 1. The first-order valence-electron chi connectivity index (χ1n) is 6.07. The quantitative estimate of drug-likeness (QED) is 0.687. The minimum atomic E-state index is 0.463. The molecule has 0 aliphatic carbocycles. The smallest absolute Gasteiger partial charge is 0.140 e. The van der Waals surface area contributed by atoms with E-state index in [1.165, 1.54) is 4.70 Å². The summed E-state index contributed by atoms with van der Waals surface area (Å²) in [4.78, 5) is 4.54. The highest BCUT2D eigenvalue weighted by molar-refractivity contribution is 9.10. The fraction of sp³-hybridized carbons (Fsp3) is 0.133. The Kier molecular flexibility index (Phi) is 3.89. The molecule has 0 amide bonds. The number of para-hydroxylation sites is 1. The topological polar surface area (TPSA) is 31.4 Å². The molecule has 1 heterocycles. The molecule has 0 aliphatic heterocycles. The van der Waals surface area contributed by atoms with Crippen LogP contribution < -0.4 is 9.47 Å². The summed E-state index contributed by atoms with van der Waals surface area (Å²) in [7, 11) is 1.64. The van der Waals surface area contributed by atoms with Crippen LogP contribution in [-0.4, -0.2) is 12.1 Å². The second-order valence-electron chi connectivity index (χ2n) is 4.16. The van der Waals surface area contributed by atoms with Gasteiger partial charge in [-0.25, -0.2) is 4.98 Å². The number of fused-ring (bicyclic) bond motifs is 1. The predicted octanol–water partition coefficient (Wildman–Crippen LogP) is 4.65. The lowest BCUT2D eigenvalue weighted by Crippen LogP contribution is -1.95. The van der Waals surface area contributed by atoms with Gasteiger partial charge in [0.1, 0.15) is 23.1 Å². The van der Waals surface area contributed by atoms with Crippen LogP contribution in [0.3, 0.4) is 0 Å². The summed E-state index contributed by atoms with van der Waals surface area (Å²) < 4.78 is 13.0. The summed E-state index contributed by atoms with van der Waals surface area (Å²) in [6.07, 6.45) is 0. The van der Waals surface area contributed by atoms with Gasteiger partial charge in [-0.3, -0.25) is 0 Å². The van der Waals surface area contributed by atoms with Crippen LogP contribution in [0, 0.1) is 0 Å². The van der Waals surface area contributed by atoms with Crippen molar-refractivity contribution in [1.29, 1.82) is 0 Å². The van der Waals surface area contributed by atoms with E-state index < -0.39 is 0 Å². The van der Waals surface area contributed by atoms with Gasteiger partial charge in [0.2, 0.25) is 0 Å². The highest BCUT2D eigenvalue weighted by Crippen LogP contribution is 2.30. The van der Waals surface area contributed by atoms with E-state index in [-0.39, 0.29) is 0 Å². The first-order valence-corrected chi connectivity index (χ1v) is 7.68. The highest BCUT2D eigenvalue weighted by atomic mass is 79.9. The predicted molar refractivity (Wildman–Crippen MR) is 84.6 cm³/mol. The number of halogens is 1. The lowest BCUT2D eigenvalue weighted by molar-refractivity contribution is 0.303. The second-order valence-corrected chi connectivity index (χ2v) is 6.13. The van der Waals surface area contributed by atoms with E-state index in [1.54, 1.807) is 18.4 Å². The summed E-state index contributed by atoms with van der Waals surface area (Å²) in [6.45, 7) is 0.463. The third-order valence-electron chi connectivity index (χ3n) is 2.83. The van der Waals surface area contributed by atoms with Gasteiger partial charge in [-0.2, -0.15) is 0 Å². The van der Waals surface area contributed by atoms with Crippen LogP contribution in [0.2, 0.25) is 0 Å². The molecule has 0 aliphatic rings. The van der Waals surface area contributed by atoms with Gasteiger partial charge < -0.3 is 9.47 Å². The lowest BCUT2D eigenvalue weighted by atomic mass is 10.3. The van der Waals surface area contributed by atoms with Gasteiger partial charge in [-0.1, -0.05) is 12.1 Å². The van der Waals surface area contributed by atoms with Crippen molar-refractivity contribution < 1.29 is 9.47 Å². The van der Waals surface area contributed by atoms with Gasteiger partial charge in [0.05, 0.1) is 21.8 Å². The monoisotopic (exact) mass is 349 g/mol. The Morgan fingerprint density at radius 3 is 2.80 bits per heavy atom. The van der Waals surface area contributed by atoms with E-state index >= 15 is 0 Å². The summed E-state index contributed by atoms with van der Waals surface area (Å²) in [5.74, 6) is 1.58. The fourth-order valence-electron chi connectivity index (χ4n) is 1.85. The summed E-state index contributed by atoms with van der Waals surface area (Å²) in [5, 5.41) is 0.967. The normalized spacial score (nSPS) is 10.7. The molecule has 0 bridgehead atoms. The second kappa shape index (κ2) is 5.81. The molecule has 0 saturated heterocycles. The molecule has 0 unspecified atom stereocenters. The first kappa shape index (κ1) is 13.4. The van der Waals surface area contributed by atoms with Crippen LogP contribution >= 0.6 is 27.3 Å². The number of benzene rings is 2. The van der Waals surface area contributed by atoms with E-state index in [2.05, 4.69) is 27.0 Å². The molecule has 3 nitrogen and oxygen atoms in total. The Morgan fingerprint density at radius 2 is 2.05 bits per heavy atom. The van der Waals surface area contributed by atoms with E-state index in [4.69, 9.17) is 9.47 Å². The van der Waals surface area contributed by atoms with E-state index in [9.17, 15) is 0 Å². The number of thiazole rings is 1. The molecular formula is C15H12BrNO2S. The van der Waals surface area contributed by atoms with Crippen molar-refractivity contribution in [2.75, 3.05) is 7.11 Å². The Labute approximate surface area is 129 Å². The van der Waals surface area contributed by atoms with Gasteiger partial charge >= 0.3 is 0 Å². The number of ether oxygens (including phenoxy) is 2. The van der Waals surface area contributed by atoms with E-state index in [0.29, 0.717) is 6.61 Å². The van der Waals surface area contributed by atoms with Crippen molar-refractivity contribution in [3.05, 3.63) is 51.9 Å². The summed E-state index contributed by atoms with van der Waals surface area (Å²) in [6, 6.07) is 13.7. The van der Waals surface area contributed by atoms with Crippen molar-refractivity contribution in [2.24, 2.45) is 0 Å². The van der Waals surface area contributed by atoms with Crippen molar-refractivity contribution in [3.8, 4) is 11.5 Å². The molecule has 2 aromatic carbocycles. The maximum Gasteiger partial charge on any atom is 0.140 e. The highest BCUT2D eigenvalue weighted by Gasteiger charge is 2.06. The minimum absolute atomic E-state index is 0.463. The third kappa shape index (κ3) is 2.78. The molecule has 102 valence electrons. The van der Waals surface area contributed by atoms with Crippen molar-refractivity contribution in [2.45, 2.75) is 6.61 Å². The largest absolute Gasteiger partial charge is 0.497 e. The Morgan fingerprint density at radius 1 is 1.20 bits per heavy atom. The van der Waals surface area contributed by atoms with Crippen LogP contribution in [0.4, 0.5) is 0 Å². The minimum Gasteiger partial charge on any atom is -0.497 e. The maximum atomic E-state index is 5.80. The van der Waals surface area contributed by atoms with E-state index in [0.717, 1.165) is 26.5 Å². The van der Waals surface area contributed by atoms with Gasteiger partial charge in [0.15, 0.2) is 0 Å². The summed E-state index contributed by atoms with van der Waals surface area (Å²) in [5.41, 5.74) is 1.02. The molecule has 0 fully saturated rings. The van der Waals surface area contributed by atoms with Crippen LogP contribution in [0.1, 0.15) is 5.01 Å². The molecule has 0 N–H and O–H groups in total. The average molecular weight is 350 g/mol. The summed E-state index contributed by atoms with van der Waals surface area (Å²) >= 11 is 5.13. The Bertz CT molecular complexity index is 709. The zero-order valence-corrected chi connectivity index (χ0v) is 13.2. The molecule has 0 atom stereocenters. The fourth-order valence-corrected chi connectivity index (χ4v) is 3.20. The Balaban J connectivity index is 1.75. The van der Waals surface area contributed by atoms with Crippen LogP contribution in [0.25, 0.3) is 10.2 Å². The lowest BCUT2D eigenvalue weighted by Gasteiger charge is -2.07. The number of hydrogen-bond acceptors (Lipinski definition) is 4. The van der Waals surface area contributed by atoms with Crippen LogP contribution in [0.5, 0.6) is 11.5 Å². The molecule has 0 saturated carbocycles. The van der Waals surface area contributed by atoms with Crippen molar-refractivity contribution in [3.63, 3.8) is 0 Å². The number of methoxy groups -OCH3 is 1. The molecule has 0 radical (unpaired) electrons. The van der Waals surface area contributed by atoms with Gasteiger partial charge in [0, 0.05) is 0 Å². The van der Waals surface area contributed by atoms with Gasteiger partial charge in [-0.05, 0) is 46.3 Å². The van der Waals surface area contributed by atoms with Crippen molar-refractivity contribution >= 4 is 37.5 Å². The molecule has 0 spiro atoms. The Hall–Kier alpha value is -1.59. The zero-order valence-electron chi connectivity index (χ0n) is 10.8.